The van der Waals surface area contributed by atoms with Crippen LogP contribution in [-0.2, 0) is 23.7 Å². The Hall–Kier alpha value is -0.733. The van der Waals surface area contributed by atoms with E-state index in [2.05, 4.69) is 10.5 Å². The Bertz CT molecular complexity index is 576. The number of ether oxygens (including phenoxy) is 2. The van der Waals surface area contributed by atoms with Crippen molar-refractivity contribution in [2.75, 3.05) is 6.61 Å². The van der Waals surface area contributed by atoms with Crippen molar-refractivity contribution in [3.05, 3.63) is 35.8 Å². The van der Waals surface area contributed by atoms with Gasteiger partial charge in [0.25, 0.3) is 0 Å². The number of hydrogen-bond donors (Lipinski definition) is 0. The zero-order valence-electron chi connectivity index (χ0n) is 11.4. The molecule has 2 aliphatic rings. The maximum absolute atomic E-state index is 12.4. The van der Waals surface area contributed by atoms with E-state index < -0.39 is 15.9 Å². The molecule has 2 aliphatic heterocycles. The van der Waals surface area contributed by atoms with Gasteiger partial charge in [0.15, 0.2) is 0 Å². The maximum atomic E-state index is 12.4. The molecule has 2 saturated heterocycles. The van der Waals surface area contributed by atoms with Crippen LogP contribution in [0.4, 0.5) is 0 Å². The first kappa shape index (κ1) is 15.2. The molecule has 5 nitrogen and oxygen atoms in total. The van der Waals surface area contributed by atoms with E-state index in [1.165, 1.54) is 0 Å². The Morgan fingerprint density at radius 3 is 2.81 bits per heavy atom. The molecule has 7 heteroatoms. The fraction of sp³-hybridized carbons (Fsp3) is 0.500. The Balaban J connectivity index is 1.64. The summed E-state index contributed by atoms with van der Waals surface area (Å²) < 4.78 is 40.9. The van der Waals surface area contributed by atoms with E-state index in [0.717, 1.165) is 12.8 Å². The maximum Gasteiger partial charge on any atom is 0.246 e. The topological polar surface area (TPSA) is 65.1 Å². The van der Waals surface area contributed by atoms with Crippen molar-refractivity contribution in [1.82, 2.24) is 0 Å². The average molecular weight is 324 g/mol. The number of rotatable bonds is 5. The normalized spacial score (nSPS) is 30.2. The second kappa shape index (κ2) is 6.17. The van der Waals surface area contributed by atoms with Crippen LogP contribution >= 0.6 is 0 Å². The average Bonchev–Trinajstić information content (AvgIpc) is 3.29. The van der Waals surface area contributed by atoms with Gasteiger partial charge in [0, 0.05) is 11.5 Å². The third-order valence-electron chi connectivity index (χ3n) is 3.76. The fourth-order valence-corrected chi connectivity index (χ4v) is 4.28. The second-order valence-electron chi connectivity index (χ2n) is 5.19. The Labute approximate surface area is 128 Å². The van der Waals surface area contributed by atoms with Gasteiger partial charge in [0.2, 0.25) is 10.5 Å². The first-order chi connectivity index (χ1) is 10.1. The van der Waals surface area contributed by atoms with Crippen LogP contribution in [0.1, 0.15) is 19.3 Å². The first-order valence-corrected chi connectivity index (χ1v) is 8.79. The predicted molar refractivity (Wildman–Crippen MR) is 76.0 cm³/mol. The lowest BCUT2D eigenvalue weighted by atomic mass is 10.0. The third-order valence-corrected chi connectivity index (χ3v) is 5.84. The first-order valence-electron chi connectivity index (χ1n) is 6.90. The van der Waals surface area contributed by atoms with Crippen LogP contribution in [0.15, 0.2) is 35.2 Å². The number of epoxide rings is 1. The lowest BCUT2D eigenvalue weighted by Gasteiger charge is -2.31. The van der Waals surface area contributed by atoms with E-state index in [9.17, 15) is 8.42 Å². The zero-order valence-corrected chi connectivity index (χ0v) is 13.2. The van der Waals surface area contributed by atoms with Gasteiger partial charge in [-0.1, -0.05) is 29.7 Å². The summed E-state index contributed by atoms with van der Waals surface area (Å²) in [7, 11) is -0.447. The molecule has 1 aromatic carbocycles. The predicted octanol–water partition coefficient (Wildman–Crippen LogP) is 1.39. The van der Waals surface area contributed by atoms with Gasteiger partial charge in [-0.05, 0) is 31.4 Å². The number of sulfone groups is 1. The Kier molecular flexibility index (Phi) is 4.46. The summed E-state index contributed by atoms with van der Waals surface area (Å²) in [4.78, 5) is 0.264. The van der Waals surface area contributed by atoms with Gasteiger partial charge >= 0.3 is 0 Å². The Morgan fingerprint density at radius 1 is 1.33 bits per heavy atom. The van der Waals surface area contributed by atoms with Gasteiger partial charge in [-0.25, -0.2) is 0 Å². The van der Waals surface area contributed by atoms with E-state index in [0.29, 0.717) is 13.0 Å². The monoisotopic (exact) mass is 324 g/mol. The highest BCUT2D eigenvalue weighted by Crippen LogP contribution is 2.43. The van der Waals surface area contributed by atoms with Gasteiger partial charge in [-0.2, -0.15) is 0 Å². The molecular weight excluding hydrogens is 308 g/mol. The molecule has 21 heavy (non-hydrogen) atoms. The van der Waals surface area contributed by atoms with Gasteiger partial charge in [-0.3, -0.25) is 8.42 Å². The van der Waals surface area contributed by atoms with E-state index in [-0.39, 0.29) is 22.5 Å². The number of benzene rings is 1. The minimum atomic E-state index is -3.50. The molecular formula is C14H16O5SSi-. The zero-order chi connectivity index (χ0) is 14.9. The van der Waals surface area contributed by atoms with Gasteiger partial charge in [0.1, 0.15) is 0 Å². The molecule has 0 bridgehead atoms. The van der Waals surface area contributed by atoms with Gasteiger partial charge < -0.3 is 13.9 Å². The van der Waals surface area contributed by atoms with Crippen LogP contribution in [0.3, 0.4) is 0 Å². The minimum Gasteiger partial charge on any atom is -0.550 e. The number of hydrogen-bond acceptors (Lipinski definition) is 5. The molecule has 3 atom stereocenters. The molecule has 0 spiro atoms. The summed E-state index contributed by atoms with van der Waals surface area (Å²) >= 11 is 0. The van der Waals surface area contributed by atoms with Crippen molar-refractivity contribution in [1.29, 1.82) is 0 Å². The van der Waals surface area contributed by atoms with Crippen LogP contribution in [0.5, 0.6) is 0 Å². The molecule has 2 fully saturated rings. The van der Waals surface area contributed by atoms with Crippen LogP contribution in [0.25, 0.3) is 0 Å². The molecule has 3 radical (unpaired) electrons. The van der Waals surface area contributed by atoms with E-state index in [4.69, 9.17) is 13.9 Å². The Morgan fingerprint density at radius 2 is 2.10 bits per heavy atom. The lowest BCUT2D eigenvalue weighted by molar-refractivity contribution is -0.0662. The summed E-state index contributed by atoms with van der Waals surface area (Å²) in [6.07, 6.45) is 1.71. The van der Waals surface area contributed by atoms with E-state index in [1.54, 1.807) is 30.3 Å². The largest absolute Gasteiger partial charge is 0.550 e. The quantitative estimate of drug-likeness (QED) is 0.465. The summed E-state index contributed by atoms with van der Waals surface area (Å²) in [5.41, 5.74) is 0.135. The summed E-state index contributed by atoms with van der Waals surface area (Å²) in [5, 5.41) is 0. The van der Waals surface area contributed by atoms with Crippen LogP contribution < -0.4 is 0 Å². The molecule has 1 aromatic rings. The van der Waals surface area contributed by atoms with Gasteiger partial charge in [0.05, 0.1) is 22.0 Å². The van der Waals surface area contributed by atoms with Crippen LogP contribution in [-0.4, -0.2) is 43.8 Å². The van der Waals surface area contributed by atoms with Crippen molar-refractivity contribution in [2.45, 2.75) is 42.5 Å². The highest BCUT2D eigenvalue weighted by molar-refractivity contribution is 7.94. The fourth-order valence-electron chi connectivity index (χ4n) is 2.58. The summed E-state index contributed by atoms with van der Waals surface area (Å²) in [5.74, 6) is 0. The van der Waals surface area contributed by atoms with Crippen LogP contribution in [0.2, 0.25) is 0 Å². The second-order valence-corrected chi connectivity index (χ2v) is 7.30. The van der Waals surface area contributed by atoms with Gasteiger partial charge in [-0.15, -0.1) is 0 Å². The molecule has 113 valence electrons. The standard InChI is InChI=1S/C14H16O5SSi/c15-20(16,10-5-2-1-3-6-10)14-13(18-14)9-12-11(19-21)7-4-8-17-12/h1-3,5-6,11-13H,4,7-9H2/q-1/t11-,12+,13?/m1/s1. The molecule has 0 saturated carbocycles. The molecule has 1 unspecified atom stereocenters. The molecule has 0 N–H and O–H groups in total. The molecule has 0 aliphatic carbocycles. The lowest BCUT2D eigenvalue weighted by Crippen LogP contribution is -2.37. The molecule has 3 rings (SSSR count). The van der Waals surface area contributed by atoms with Crippen molar-refractivity contribution in [2.24, 2.45) is 0 Å². The summed E-state index contributed by atoms with van der Waals surface area (Å²) in [6.45, 7) is 0.671. The SMILES string of the molecule is O=S(=O)(c1ccccc1)[C-]1OC1C[C@@H]1OCCC[C@H]1O[Si]. The molecule has 0 amide bonds. The molecule has 0 aromatic heterocycles. The van der Waals surface area contributed by atoms with Crippen LogP contribution in [0, 0.1) is 5.44 Å². The van der Waals surface area contributed by atoms with Crippen molar-refractivity contribution >= 4 is 20.3 Å². The summed E-state index contributed by atoms with van der Waals surface area (Å²) in [6, 6.07) is 8.32. The van der Waals surface area contributed by atoms with Crippen molar-refractivity contribution in [3.63, 3.8) is 0 Å². The third kappa shape index (κ3) is 3.22. The highest BCUT2D eigenvalue weighted by Gasteiger charge is 2.38. The molecule has 2 heterocycles. The van der Waals surface area contributed by atoms with Crippen molar-refractivity contribution in [3.8, 4) is 0 Å². The minimum absolute atomic E-state index is 0.0692. The highest BCUT2D eigenvalue weighted by atomic mass is 32.2. The smallest absolute Gasteiger partial charge is 0.246 e. The van der Waals surface area contributed by atoms with E-state index >= 15 is 0 Å². The van der Waals surface area contributed by atoms with E-state index in [1.807, 2.05) is 0 Å². The van der Waals surface area contributed by atoms with Crippen molar-refractivity contribution < 1.29 is 22.3 Å².